The number of benzene rings is 1. The van der Waals surface area contributed by atoms with Crippen LogP contribution in [0.3, 0.4) is 0 Å². The van der Waals surface area contributed by atoms with Gasteiger partial charge in [0.15, 0.2) is 0 Å². The number of hydrogen-bond acceptors (Lipinski definition) is 1. The quantitative estimate of drug-likeness (QED) is 0.854. The minimum absolute atomic E-state index is 0.0256. The highest BCUT2D eigenvalue weighted by atomic mass is 35.5. The van der Waals surface area contributed by atoms with Crippen LogP contribution in [-0.4, -0.2) is 11.1 Å². The summed E-state index contributed by atoms with van der Waals surface area (Å²) in [5, 5.41) is 10.6. The fraction of sp³-hybridized carbons (Fsp3) is 0.533. The summed E-state index contributed by atoms with van der Waals surface area (Å²) in [6.45, 7) is 2.16. The fourth-order valence-corrected chi connectivity index (χ4v) is 3.50. The molecule has 0 spiro atoms. The maximum absolute atomic E-state index is 11.5. The summed E-state index contributed by atoms with van der Waals surface area (Å²) in [6.07, 6.45) is 3.68. The molecular formula is C15H18Cl2O2. The number of hydrogen-bond donors (Lipinski definition) is 1. The third kappa shape index (κ3) is 3.24. The summed E-state index contributed by atoms with van der Waals surface area (Å²) in [6, 6.07) is 5.32. The SMILES string of the molecule is CCC1CCC(C(=O)O)C(c2cc(Cl)ccc2Cl)C1. The Hall–Kier alpha value is -0.730. The van der Waals surface area contributed by atoms with Crippen molar-refractivity contribution in [1.29, 1.82) is 0 Å². The summed E-state index contributed by atoms with van der Waals surface area (Å²) < 4.78 is 0. The fourth-order valence-electron chi connectivity index (χ4n) is 3.07. The van der Waals surface area contributed by atoms with Gasteiger partial charge in [0.25, 0.3) is 0 Å². The first-order valence-electron chi connectivity index (χ1n) is 6.70. The van der Waals surface area contributed by atoms with Gasteiger partial charge < -0.3 is 5.11 Å². The molecule has 1 fully saturated rings. The lowest BCUT2D eigenvalue weighted by Gasteiger charge is -2.34. The monoisotopic (exact) mass is 300 g/mol. The summed E-state index contributed by atoms with van der Waals surface area (Å²) in [5.74, 6) is -0.521. The zero-order valence-electron chi connectivity index (χ0n) is 10.9. The highest BCUT2D eigenvalue weighted by molar-refractivity contribution is 6.33. The molecule has 0 aliphatic heterocycles. The van der Waals surface area contributed by atoms with Crippen LogP contribution in [0.2, 0.25) is 10.0 Å². The molecule has 1 saturated carbocycles. The van der Waals surface area contributed by atoms with Gasteiger partial charge in [-0.05, 0) is 54.9 Å². The summed E-state index contributed by atoms with van der Waals surface area (Å²) >= 11 is 12.3. The van der Waals surface area contributed by atoms with Gasteiger partial charge in [0.05, 0.1) is 5.92 Å². The van der Waals surface area contributed by atoms with Gasteiger partial charge in [0, 0.05) is 10.0 Å². The molecule has 19 heavy (non-hydrogen) atoms. The van der Waals surface area contributed by atoms with Crippen molar-refractivity contribution < 1.29 is 9.90 Å². The molecular weight excluding hydrogens is 283 g/mol. The van der Waals surface area contributed by atoms with Crippen molar-refractivity contribution in [3.63, 3.8) is 0 Å². The number of carboxylic acid groups (broad SMARTS) is 1. The average molecular weight is 301 g/mol. The normalized spacial score (nSPS) is 27.2. The average Bonchev–Trinajstić information content (AvgIpc) is 2.40. The number of aliphatic carboxylic acids is 1. The van der Waals surface area contributed by atoms with Gasteiger partial charge in [-0.3, -0.25) is 4.79 Å². The topological polar surface area (TPSA) is 37.3 Å². The Bertz CT molecular complexity index is 473. The molecule has 0 radical (unpaired) electrons. The van der Waals surface area contributed by atoms with Crippen molar-refractivity contribution in [2.24, 2.45) is 11.8 Å². The largest absolute Gasteiger partial charge is 0.481 e. The van der Waals surface area contributed by atoms with Crippen molar-refractivity contribution in [1.82, 2.24) is 0 Å². The van der Waals surface area contributed by atoms with Gasteiger partial charge >= 0.3 is 5.97 Å². The molecule has 3 unspecified atom stereocenters. The van der Waals surface area contributed by atoms with Crippen LogP contribution < -0.4 is 0 Å². The third-order valence-corrected chi connectivity index (χ3v) is 4.79. The molecule has 2 rings (SSSR count). The van der Waals surface area contributed by atoms with E-state index in [4.69, 9.17) is 23.2 Å². The Kier molecular flexibility index (Phi) is 4.75. The van der Waals surface area contributed by atoms with Crippen LogP contribution in [0, 0.1) is 11.8 Å². The predicted octanol–water partition coefficient (Wildman–Crippen LogP) is 4.99. The number of halogens is 2. The smallest absolute Gasteiger partial charge is 0.307 e. The molecule has 0 aromatic heterocycles. The van der Waals surface area contributed by atoms with E-state index in [0.717, 1.165) is 31.2 Å². The lowest BCUT2D eigenvalue weighted by Crippen LogP contribution is -2.29. The van der Waals surface area contributed by atoms with Crippen LogP contribution in [0.1, 0.15) is 44.1 Å². The maximum Gasteiger partial charge on any atom is 0.307 e. The summed E-state index contributed by atoms with van der Waals surface area (Å²) in [4.78, 5) is 11.5. The molecule has 0 bridgehead atoms. The van der Waals surface area contributed by atoms with Crippen molar-refractivity contribution in [2.45, 2.75) is 38.5 Å². The van der Waals surface area contributed by atoms with Gasteiger partial charge in [0.2, 0.25) is 0 Å². The Morgan fingerprint density at radius 3 is 2.74 bits per heavy atom. The van der Waals surface area contributed by atoms with E-state index in [9.17, 15) is 9.90 Å². The zero-order valence-corrected chi connectivity index (χ0v) is 12.4. The Labute approximate surface area is 123 Å². The van der Waals surface area contributed by atoms with Crippen LogP contribution in [0.4, 0.5) is 0 Å². The first kappa shape index (κ1) is 14.7. The molecule has 1 aliphatic carbocycles. The molecule has 3 atom stereocenters. The minimum Gasteiger partial charge on any atom is -0.481 e. The van der Waals surface area contributed by atoms with E-state index in [-0.39, 0.29) is 11.8 Å². The summed E-state index contributed by atoms with van der Waals surface area (Å²) in [7, 11) is 0. The molecule has 0 amide bonds. The molecule has 2 nitrogen and oxygen atoms in total. The molecule has 1 aliphatic rings. The molecule has 1 N–H and O–H groups in total. The third-order valence-electron chi connectivity index (χ3n) is 4.21. The molecule has 0 heterocycles. The first-order chi connectivity index (χ1) is 9.02. The molecule has 1 aromatic rings. The van der Waals surface area contributed by atoms with Crippen LogP contribution in [0.25, 0.3) is 0 Å². The molecule has 1 aromatic carbocycles. The van der Waals surface area contributed by atoms with E-state index in [0.29, 0.717) is 16.0 Å². The number of carboxylic acids is 1. The van der Waals surface area contributed by atoms with Crippen molar-refractivity contribution in [2.75, 3.05) is 0 Å². The number of rotatable bonds is 3. The van der Waals surface area contributed by atoms with Crippen molar-refractivity contribution in [3.8, 4) is 0 Å². The summed E-state index contributed by atoms with van der Waals surface area (Å²) in [5.41, 5.74) is 0.889. The molecule has 104 valence electrons. The van der Waals surface area contributed by atoms with E-state index in [2.05, 4.69) is 6.92 Å². The van der Waals surface area contributed by atoms with Gasteiger partial charge in [-0.15, -0.1) is 0 Å². The van der Waals surface area contributed by atoms with E-state index in [1.807, 2.05) is 6.07 Å². The Balaban J connectivity index is 2.35. The second-order valence-electron chi connectivity index (χ2n) is 5.30. The zero-order chi connectivity index (χ0) is 14.0. The standard InChI is InChI=1S/C15H18Cl2O2/c1-2-9-3-5-11(15(18)19)12(7-9)13-8-10(16)4-6-14(13)17/h4,6,8-9,11-12H,2-3,5,7H2,1H3,(H,18,19). The minimum atomic E-state index is -0.726. The lowest BCUT2D eigenvalue weighted by molar-refractivity contribution is -0.143. The highest BCUT2D eigenvalue weighted by Gasteiger charge is 2.36. The van der Waals surface area contributed by atoms with Crippen LogP contribution in [-0.2, 0) is 4.79 Å². The van der Waals surface area contributed by atoms with E-state index in [1.165, 1.54) is 0 Å². The van der Waals surface area contributed by atoms with Crippen LogP contribution in [0.5, 0.6) is 0 Å². The van der Waals surface area contributed by atoms with Crippen molar-refractivity contribution >= 4 is 29.2 Å². The second-order valence-corrected chi connectivity index (χ2v) is 6.15. The lowest BCUT2D eigenvalue weighted by atomic mass is 9.70. The van der Waals surface area contributed by atoms with Crippen LogP contribution >= 0.6 is 23.2 Å². The van der Waals surface area contributed by atoms with Gasteiger partial charge in [-0.1, -0.05) is 36.5 Å². The maximum atomic E-state index is 11.5. The second kappa shape index (κ2) is 6.15. The van der Waals surface area contributed by atoms with Crippen molar-refractivity contribution in [3.05, 3.63) is 33.8 Å². The highest BCUT2D eigenvalue weighted by Crippen LogP contribution is 2.44. The van der Waals surface area contributed by atoms with E-state index >= 15 is 0 Å². The van der Waals surface area contributed by atoms with E-state index < -0.39 is 5.97 Å². The van der Waals surface area contributed by atoms with Gasteiger partial charge in [0.1, 0.15) is 0 Å². The Morgan fingerprint density at radius 2 is 2.11 bits per heavy atom. The predicted molar refractivity (Wildman–Crippen MR) is 78.0 cm³/mol. The van der Waals surface area contributed by atoms with E-state index in [1.54, 1.807) is 12.1 Å². The molecule has 4 heteroatoms. The Morgan fingerprint density at radius 1 is 1.37 bits per heavy atom. The number of carbonyl (C=O) groups is 1. The van der Waals surface area contributed by atoms with Gasteiger partial charge in [-0.2, -0.15) is 0 Å². The van der Waals surface area contributed by atoms with Gasteiger partial charge in [-0.25, -0.2) is 0 Å². The first-order valence-corrected chi connectivity index (χ1v) is 7.46. The molecule has 0 saturated heterocycles. The van der Waals surface area contributed by atoms with Crippen LogP contribution in [0.15, 0.2) is 18.2 Å².